The monoisotopic (exact) mass is 392 g/mol. The zero-order valence-electron chi connectivity index (χ0n) is 11.6. The first-order valence-corrected chi connectivity index (χ1v) is 9.25. The third kappa shape index (κ3) is 4.03. The number of benzene rings is 1. The molecule has 1 N–H and O–H groups in total. The molecule has 3 aromatic rings. The van der Waals surface area contributed by atoms with Crippen LogP contribution in [0.4, 0.5) is 0 Å². The van der Waals surface area contributed by atoms with Crippen molar-refractivity contribution >= 4 is 44.5 Å². The van der Waals surface area contributed by atoms with Gasteiger partial charge in [-0.1, -0.05) is 34.1 Å². The molecule has 0 radical (unpaired) electrons. The third-order valence-corrected chi connectivity index (χ3v) is 5.43. The summed E-state index contributed by atoms with van der Waals surface area (Å²) in [6, 6.07) is 12.0. The van der Waals surface area contributed by atoms with Crippen LogP contribution in [0.15, 0.2) is 51.6 Å². The molecule has 0 fully saturated rings. The number of nitrogens with one attached hydrogen (secondary N) is 1. The van der Waals surface area contributed by atoms with Gasteiger partial charge in [-0.25, -0.2) is 4.98 Å². The Labute approximate surface area is 145 Å². The highest BCUT2D eigenvalue weighted by atomic mass is 79.9. The standard InChI is InChI=1S/C16H13BrN2OS2/c17-12-4-1-3-11(7-12)9-18-15(20)8-13-10-22-16(19-13)14-5-2-6-21-14/h1-7,10H,8-9H2,(H,18,20). The molecule has 2 aromatic heterocycles. The summed E-state index contributed by atoms with van der Waals surface area (Å²) >= 11 is 6.66. The highest BCUT2D eigenvalue weighted by Gasteiger charge is 2.09. The first-order chi connectivity index (χ1) is 10.7. The minimum absolute atomic E-state index is 0.0111. The summed E-state index contributed by atoms with van der Waals surface area (Å²) in [7, 11) is 0. The smallest absolute Gasteiger partial charge is 0.226 e. The van der Waals surface area contributed by atoms with Gasteiger partial charge in [-0.3, -0.25) is 4.79 Å². The van der Waals surface area contributed by atoms with Crippen molar-refractivity contribution in [3.8, 4) is 9.88 Å². The van der Waals surface area contributed by atoms with E-state index in [2.05, 4.69) is 26.2 Å². The van der Waals surface area contributed by atoms with E-state index in [1.54, 1.807) is 22.7 Å². The van der Waals surface area contributed by atoms with E-state index < -0.39 is 0 Å². The van der Waals surface area contributed by atoms with Gasteiger partial charge in [0.05, 0.1) is 17.0 Å². The Balaban J connectivity index is 1.56. The van der Waals surface area contributed by atoms with Gasteiger partial charge in [-0.05, 0) is 29.1 Å². The van der Waals surface area contributed by atoms with Crippen LogP contribution in [0.5, 0.6) is 0 Å². The lowest BCUT2D eigenvalue weighted by Gasteiger charge is -2.04. The number of carbonyl (C=O) groups excluding carboxylic acids is 1. The number of aromatic nitrogens is 1. The summed E-state index contributed by atoms with van der Waals surface area (Å²) in [5, 5.41) is 7.88. The van der Waals surface area contributed by atoms with E-state index in [0.29, 0.717) is 13.0 Å². The van der Waals surface area contributed by atoms with E-state index in [9.17, 15) is 4.79 Å². The SMILES string of the molecule is O=C(Cc1csc(-c2cccs2)n1)NCc1cccc(Br)c1. The normalized spacial score (nSPS) is 10.6. The van der Waals surface area contributed by atoms with Gasteiger partial charge in [-0.15, -0.1) is 22.7 Å². The summed E-state index contributed by atoms with van der Waals surface area (Å²) in [5.41, 5.74) is 1.89. The molecule has 0 atom stereocenters. The second-order valence-corrected chi connectivity index (χ2v) is 7.43. The Morgan fingerprint density at radius 3 is 2.91 bits per heavy atom. The second kappa shape index (κ2) is 7.17. The number of amides is 1. The molecule has 1 amide bonds. The van der Waals surface area contributed by atoms with Crippen LogP contribution in [0, 0.1) is 0 Å². The molecule has 0 aliphatic rings. The lowest BCUT2D eigenvalue weighted by atomic mass is 10.2. The molecular formula is C16H13BrN2OS2. The van der Waals surface area contributed by atoms with Crippen molar-refractivity contribution in [2.75, 3.05) is 0 Å². The number of rotatable bonds is 5. The van der Waals surface area contributed by atoms with E-state index in [4.69, 9.17) is 0 Å². The minimum Gasteiger partial charge on any atom is -0.352 e. The number of thiazole rings is 1. The molecule has 2 heterocycles. The Kier molecular flexibility index (Phi) is 5.02. The lowest BCUT2D eigenvalue weighted by molar-refractivity contribution is -0.120. The average molecular weight is 393 g/mol. The van der Waals surface area contributed by atoms with Crippen molar-refractivity contribution in [3.63, 3.8) is 0 Å². The maximum absolute atomic E-state index is 12.0. The fraction of sp³-hybridized carbons (Fsp3) is 0.125. The van der Waals surface area contributed by atoms with Gasteiger partial charge >= 0.3 is 0 Å². The van der Waals surface area contributed by atoms with Crippen molar-refractivity contribution in [1.82, 2.24) is 10.3 Å². The van der Waals surface area contributed by atoms with E-state index in [1.165, 1.54) is 0 Å². The van der Waals surface area contributed by atoms with E-state index in [-0.39, 0.29) is 5.91 Å². The minimum atomic E-state index is -0.0111. The predicted molar refractivity (Wildman–Crippen MR) is 95.1 cm³/mol. The van der Waals surface area contributed by atoms with Crippen molar-refractivity contribution in [1.29, 1.82) is 0 Å². The number of carbonyl (C=O) groups is 1. The van der Waals surface area contributed by atoms with Crippen LogP contribution in [0.25, 0.3) is 9.88 Å². The predicted octanol–water partition coefficient (Wildman–Crippen LogP) is 4.49. The van der Waals surface area contributed by atoms with Gasteiger partial charge in [0, 0.05) is 16.4 Å². The van der Waals surface area contributed by atoms with Crippen molar-refractivity contribution in [2.24, 2.45) is 0 Å². The second-order valence-electron chi connectivity index (χ2n) is 4.70. The summed E-state index contributed by atoms with van der Waals surface area (Å²) in [6.07, 6.45) is 0.315. The van der Waals surface area contributed by atoms with Crippen LogP contribution in [0.1, 0.15) is 11.3 Å². The van der Waals surface area contributed by atoms with Crippen molar-refractivity contribution < 1.29 is 4.79 Å². The molecule has 3 nitrogen and oxygen atoms in total. The maximum atomic E-state index is 12.0. The van der Waals surface area contributed by atoms with Gasteiger partial charge in [0.25, 0.3) is 0 Å². The first-order valence-electron chi connectivity index (χ1n) is 6.70. The van der Waals surface area contributed by atoms with Crippen LogP contribution in [0.2, 0.25) is 0 Å². The van der Waals surface area contributed by atoms with Gasteiger partial charge in [-0.2, -0.15) is 0 Å². The number of hydrogen-bond donors (Lipinski definition) is 1. The fourth-order valence-electron chi connectivity index (χ4n) is 1.98. The zero-order chi connectivity index (χ0) is 15.4. The van der Waals surface area contributed by atoms with Gasteiger partial charge in [0.2, 0.25) is 5.91 Å². The van der Waals surface area contributed by atoms with Crippen LogP contribution in [-0.4, -0.2) is 10.9 Å². The molecule has 0 spiro atoms. The Hall–Kier alpha value is -1.50. The zero-order valence-corrected chi connectivity index (χ0v) is 14.8. The molecule has 1 aromatic carbocycles. The Morgan fingerprint density at radius 1 is 1.23 bits per heavy atom. The number of nitrogens with zero attached hydrogens (tertiary/aromatic N) is 1. The maximum Gasteiger partial charge on any atom is 0.226 e. The average Bonchev–Trinajstić information content (AvgIpc) is 3.16. The van der Waals surface area contributed by atoms with Gasteiger partial charge in [0.1, 0.15) is 5.01 Å². The summed E-state index contributed by atoms with van der Waals surface area (Å²) in [5.74, 6) is -0.0111. The van der Waals surface area contributed by atoms with Gasteiger partial charge in [0.15, 0.2) is 0 Å². The van der Waals surface area contributed by atoms with Crippen LogP contribution >= 0.6 is 38.6 Å². The quantitative estimate of drug-likeness (QED) is 0.694. The molecule has 3 rings (SSSR count). The summed E-state index contributed by atoms with van der Waals surface area (Å²) < 4.78 is 1.01. The molecule has 22 heavy (non-hydrogen) atoms. The molecular weight excluding hydrogens is 380 g/mol. The highest BCUT2D eigenvalue weighted by molar-refractivity contribution is 9.10. The van der Waals surface area contributed by atoms with Crippen molar-refractivity contribution in [3.05, 3.63) is 62.9 Å². The molecule has 6 heteroatoms. The molecule has 0 saturated carbocycles. The lowest BCUT2D eigenvalue weighted by Crippen LogP contribution is -2.24. The molecule has 0 bridgehead atoms. The molecule has 0 saturated heterocycles. The van der Waals surface area contributed by atoms with Crippen LogP contribution < -0.4 is 5.32 Å². The Morgan fingerprint density at radius 2 is 2.14 bits per heavy atom. The van der Waals surface area contributed by atoms with Crippen molar-refractivity contribution in [2.45, 2.75) is 13.0 Å². The first kappa shape index (κ1) is 15.4. The topological polar surface area (TPSA) is 42.0 Å². The molecule has 0 aliphatic heterocycles. The third-order valence-electron chi connectivity index (χ3n) is 3.00. The van der Waals surface area contributed by atoms with Gasteiger partial charge < -0.3 is 5.32 Å². The van der Waals surface area contributed by atoms with E-state index >= 15 is 0 Å². The highest BCUT2D eigenvalue weighted by Crippen LogP contribution is 2.27. The molecule has 0 unspecified atom stereocenters. The summed E-state index contributed by atoms with van der Waals surface area (Å²) in [4.78, 5) is 17.7. The Bertz CT molecular complexity index is 768. The summed E-state index contributed by atoms with van der Waals surface area (Å²) in [6.45, 7) is 0.528. The number of hydrogen-bond acceptors (Lipinski definition) is 4. The van der Waals surface area contributed by atoms with Crippen LogP contribution in [-0.2, 0) is 17.8 Å². The number of thiophene rings is 1. The van der Waals surface area contributed by atoms with E-state index in [1.807, 2.05) is 47.2 Å². The van der Waals surface area contributed by atoms with Crippen LogP contribution in [0.3, 0.4) is 0 Å². The molecule has 112 valence electrons. The molecule has 0 aliphatic carbocycles. The largest absolute Gasteiger partial charge is 0.352 e. The fourth-order valence-corrected chi connectivity index (χ4v) is 4.06. The van der Waals surface area contributed by atoms with E-state index in [0.717, 1.165) is 25.6 Å². The number of halogens is 1.